The standard InChI is InChI=1S/C29H44O4/c1-21(14-15-25-23(3)13-10-17-29(25,7)8)11-9-12-22(2)16-18-33-27(32)20-24(30)19-26(31)28(4,5)6/h9,11-12,14-16,24,30H,10,13,17-20H2,1-8H3/b12-9+,15-14+,21-11+,22-16+. The van der Waals surface area contributed by atoms with Gasteiger partial charge in [0.25, 0.3) is 0 Å². The second-order valence-electron chi connectivity index (χ2n) is 10.9. The first-order valence-electron chi connectivity index (χ1n) is 12.0. The van der Waals surface area contributed by atoms with Crippen molar-refractivity contribution in [3.8, 4) is 0 Å². The molecule has 1 unspecified atom stereocenters. The highest BCUT2D eigenvalue weighted by molar-refractivity contribution is 5.84. The van der Waals surface area contributed by atoms with Crippen molar-refractivity contribution >= 4 is 11.8 Å². The fourth-order valence-corrected chi connectivity index (χ4v) is 3.81. The summed E-state index contributed by atoms with van der Waals surface area (Å²) in [5, 5.41) is 9.94. The van der Waals surface area contributed by atoms with Crippen molar-refractivity contribution in [1.82, 2.24) is 0 Å². The van der Waals surface area contributed by atoms with E-state index in [1.54, 1.807) is 20.8 Å². The van der Waals surface area contributed by atoms with Crippen LogP contribution in [0.3, 0.4) is 0 Å². The van der Waals surface area contributed by atoms with Crippen molar-refractivity contribution in [2.24, 2.45) is 10.8 Å². The van der Waals surface area contributed by atoms with Crippen molar-refractivity contribution < 1.29 is 19.4 Å². The van der Waals surface area contributed by atoms with Crippen molar-refractivity contribution in [2.45, 2.75) is 93.6 Å². The molecule has 0 radical (unpaired) electrons. The van der Waals surface area contributed by atoms with Crippen LogP contribution in [0.1, 0.15) is 87.5 Å². The fraction of sp³-hybridized carbons (Fsp3) is 0.586. The van der Waals surface area contributed by atoms with Crippen LogP contribution in [0.2, 0.25) is 0 Å². The fourth-order valence-electron chi connectivity index (χ4n) is 3.81. The topological polar surface area (TPSA) is 63.6 Å². The second kappa shape index (κ2) is 12.9. The van der Waals surface area contributed by atoms with Crippen molar-refractivity contribution in [3.05, 3.63) is 58.7 Å². The molecule has 4 heteroatoms. The van der Waals surface area contributed by atoms with Gasteiger partial charge in [-0.2, -0.15) is 0 Å². The molecule has 0 aromatic carbocycles. The number of aliphatic hydroxyl groups is 1. The molecule has 33 heavy (non-hydrogen) atoms. The van der Waals surface area contributed by atoms with Gasteiger partial charge in [0.2, 0.25) is 0 Å². The van der Waals surface area contributed by atoms with Gasteiger partial charge < -0.3 is 9.84 Å². The maximum Gasteiger partial charge on any atom is 0.308 e. The first-order chi connectivity index (χ1) is 15.2. The normalized spacial score (nSPS) is 18.8. The Morgan fingerprint density at radius 2 is 1.79 bits per heavy atom. The minimum Gasteiger partial charge on any atom is -0.461 e. The van der Waals surface area contributed by atoms with Crippen LogP contribution < -0.4 is 0 Å². The molecular formula is C29H44O4. The Morgan fingerprint density at radius 1 is 1.12 bits per heavy atom. The van der Waals surface area contributed by atoms with Crippen LogP contribution >= 0.6 is 0 Å². The highest BCUT2D eigenvalue weighted by Gasteiger charge is 2.26. The minimum atomic E-state index is -1.01. The Balaban J connectivity index is 2.50. The Hall–Kier alpha value is -2.20. The molecule has 1 rings (SSSR count). The summed E-state index contributed by atoms with van der Waals surface area (Å²) in [6, 6.07) is 0. The molecule has 1 atom stereocenters. The zero-order valence-corrected chi connectivity index (χ0v) is 22.0. The molecule has 184 valence electrons. The van der Waals surface area contributed by atoms with Crippen molar-refractivity contribution in [3.63, 3.8) is 0 Å². The maximum atomic E-state index is 11.9. The summed E-state index contributed by atoms with van der Waals surface area (Å²) < 4.78 is 5.16. The number of esters is 1. The third kappa shape index (κ3) is 11.0. The molecule has 0 saturated carbocycles. The van der Waals surface area contributed by atoms with Gasteiger partial charge in [-0.3, -0.25) is 9.59 Å². The lowest BCUT2D eigenvalue weighted by atomic mass is 9.72. The van der Waals surface area contributed by atoms with E-state index < -0.39 is 17.5 Å². The number of hydrogen-bond acceptors (Lipinski definition) is 4. The monoisotopic (exact) mass is 456 g/mol. The van der Waals surface area contributed by atoms with Crippen LogP contribution in [0.5, 0.6) is 0 Å². The lowest BCUT2D eigenvalue weighted by Gasteiger charge is -2.32. The lowest BCUT2D eigenvalue weighted by Crippen LogP contribution is -2.27. The SMILES string of the molecule is CC1=C(/C=C/C(C)=C/C=C/C(C)=C/COC(=O)CC(O)CC(=O)C(C)(C)C)C(C)(C)CCC1. The van der Waals surface area contributed by atoms with Gasteiger partial charge in [0.15, 0.2) is 0 Å². The smallest absolute Gasteiger partial charge is 0.308 e. The van der Waals surface area contributed by atoms with Crippen LogP contribution in [0.4, 0.5) is 0 Å². The summed E-state index contributed by atoms with van der Waals surface area (Å²) in [5.74, 6) is -0.579. The van der Waals surface area contributed by atoms with Gasteiger partial charge in [-0.25, -0.2) is 0 Å². The highest BCUT2D eigenvalue weighted by atomic mass is 16.5. The quantitative estimate of drug-likeness (QED) is 0.289. The Morgan fingerprint density at radius 3 is 2.39 bits per heavy atom. The van der Waals surface area contributed by atoms with Gasteiger partial charge in [0.1, 0.15) is 12.4 Å². The van der Waals surface area contributed by atoms with E-state index in [4.69, 9.17) is 4.74 Å². The van der Waals surface area contributed by atoms with Gasteiger partial charge in [0.05, 0.1) is 12.5 Å². The number of Topliss-reactive ketones (excluding diaryl/α,β-unsaturated/α-hetero) is 1. The van der Waals surface area contributed by atoms with Gasteiger partial charge >= 0.3 is 5.97 Å². The first kappa shape index (κ1) is 28.8. The van der Waals surface area contributed by atoms with Gasteiger partial charge in [-0.1, -0.05) is 81.7 Å². The predicted octanol–water partition coefficient (Wildman–Crippen LogP) is 6.82. The zero-order chi connectivity index (χ0) is 25.2. The minimum absolute atomic E-state index is 0.0370. The van der Waals surface area contributed by atoms with E-state index in [0.717, 1.165) is 5.57 Å². The molecule has 0 aromatic rings. The molecule has 0 heterocycles. The summed E-state index contributed by atoms with van der Waals surface area (Å²) in [4.78, 5) is 23.8. The molecule has 4 nitrogen and oxygen atoms in total. The predicted molar refractivity (Wildman–Crippen MR) is 137 cm³/mol. The molecular weight excluding hydrogens is 412 g/mol. The van der Waals surface area contributed by atoms with E-state index in [9.17, 15) is 14.7 Å². The van der Waals surface area contributed by atoms with E-state index >= 15 is 0 Å². The highest BCUT2D eigenvalue weighted by Crippen LogP contribution is 2.40. The summed E-state index contributed by atoms with van der Waals surface area (Å²) in [7, 11) is 0. The van der Waals surface area contributed by atoms with Crippen LogP contribution in [0.15, 0.2) is 58.7 Å². The van der Waals surface area contributed by atoms with Crippen LogP contribution in [-0.4, -0.2) is 29.6 Å². The number of ketones is 1. The van der Waals surface area contributed by atoms with Crippen LogP contribution in [0, 0.1) is 10.8 Å². The molecule has 0 amide bonds. The average Bonchev–Trinajstić information content (AvgIpc) is 2.66. The van der Waals surface area contributed by atoms with Gasteiger partial charge in [-0.05, 0) is 57.1 Å². The summed E-state index contributed by atoms with van der Waals surface area (Å²) >= 11 is 0. The third-order valence-electron chi connectivity index (χ3n) is 6.08. The van der Waals surface area contributed by atoms with E-state index in [-0.39, 0.29) is 30.6 Å². The first-order valence-corrected chi connectivity index (χ1v) is 12.0. The maximum absolute atomic E-state index is 11.9. The zero-order valence-electron chi connectivity index (χ0n) is 22.0. The summed E-state index contributed by atoms with van der Waals surface area (Å²) in [5.41, 5.74) is 4.81. The molecule has 0 aromatic heterocycles. The molecule has 0 aliphatic heterocycles. The number of rotatable bonds is 10. The molecule has 1 aliphatic rings. The van der Waals surface area contributed by atoms with Crippen molar-refractivity contribution in [2.75, 3.05) is 6.61 Å². The number of carbonyl (C=O) groups excluding carboxylic acids is 2. The molecule has 1 aliphatic carbocycles. The van der Waals surface area contributed by atoms with E-state index in [1.807, 2.05) is 25.2 Å². The number of hydrogen-bond donors (Lipinski definition) is 1. The second-order valence-corrected chi connectivity index (χ2v) is 10.9. The molecule has 0 saturated heterocycles. The van der Waals surface area contributed by atoms with Crippen LogP contribution in [-0.2, 0) is 14.3 Å². The van der Waals surface area contributed by atoms with Crippen LogP contribution in [0.25, 0.3) is 0 Å². The largest absolute Gasteiger partial charge is 0.461 e. The van der Waals surface area contributed by atoms with Gasteiger partial charge in [0, 0.05) is 11.8 Å². The summed E-state index contributed by atoms with van der Waals surface area (Å²) in [6.07, 6.45) is 14.7. The number of carbonyl (C=O) groups is 2. The third-order valence-corrected chi connectivity index (χ3v) is 6.08. The van der Waals surface area contributed by atoms with E-state index in [1.165, 1.54) is 36.0 Å². The Labute approximate surface area is 201 Å². The lowest BCUT2D eigenvalue weighted by molar-refractivity contribution is -0.145. The van der Waals surface area contributed by atoms with E-state index in [0.29, 0.717) is 0 Å². The molecule has 0 bridgehead atoms. The summed E-state index contributed by atoms with van der Waals surface area (Å²) in [6.45, 7) is 16.4. The molecule has 0 spiro atoms. The Bertz CT molecular complexity index is 841. The molecule has 0 fully saturated rings. The number of allylic oxidation sites excluding steroid dienone is 9. The van der Waals surface area contributed by atoms with E-state index in [2.05, 4.69) is 45.9 Å². The molecule has 1 N–H and O–H groups in total. The van der Waals surface area contributed by atoms with Crippen molar-refractivity contribution in [1.29, 1.82) is 0 Å². The van der Waals surface area contributed by atoms with Gasteiger partial charge in [-0.15, -0.1) is 0 Å². The average molecular weight is 457 g/mol. The number of aliphatic hydroxyl groups excluding tert-OH is 1. The Kier molecular flexibility index (Phi) is 11.3. The number of ether oxygens (including phenoxy) is 1.